The maximum absolute atomic E-state index is 12.6. The van der Waals surface area contributed by atoms with Gasteiger partial charge in [0.1, 0.15) is 5.75 Å². The molecule has 0 saturated carbocycles. The number of rotatable bonds is 9. The molecule has 7 heteroatoms. The summed E-state index contributed by atoms with van der Waals surface area (Å²) in [4.78, 5) is 27.4. The first kappa shape index (κ1) is 22.8. The van der Waals surface area contributed by atoms with Crippen molar-refractivity contribution >= 4 is 17.5 Å². The number of aryl methyl sites for hydroxylation is 1. The number of para-hydroxylation sites is 1. The molecule has 31 heavy (non-hydrogen) atoms. The maximum Gasteiger partial charge on any atom is 0.262 e. The summed E-state index contributed by atoms with van der Waals surface area (Å²) in [6.45, 7) is 8.75. The fraction of sp³-hybridized carbons (Fsp3) is 0.417. The molecule has 2 aromatic carbocycles. The van der Waals surface area contributed by atoms with Crippen LogP contribution in [0, 0.1) is 13.8 Å². The van der Waals surface area contributed by atoms with Gasteiger partial charge in [-0.05, 0) is 56.1 Å². The van der Waals surface area contributed by atoms with Crippen LogP contribution in [0.2, 0.25) is 0 Å². The summed E-state index contributed by atoms with van der Waals surface area (Å²) in [5, 5.41) is 5.74. The highest BCUT2D eigenvalue weighted by molar-refractivity contribution is 6.04. The number of ether oxygens (including phenoxy) is 2. The van der Waals surface area contributed by atoms with E-state index in [0.29, 0.717) is 23.5 Å². The molecule has 2 N–H and O–H groups in total. The number of morpholine rings is 1. The second-order valence-electron chi connectivity index (χ2n) is 7.64. The van der Waals surface area contributed by atoms with Crippen LogP contribution in [-0.4, -0.2) is 62.7 Å². The Morgan fingerprint density at radius 3 is 2.65 bits per heavy atom. The molecule has 0 aromatic heterocycles. The number of carbonyl (C=O) groups excluding carboxylic acids is 2. The lowest BCUT2D eigenvalue weighted by molar-refractivity contribution is -0.118. The Labute approximate surface area is 183 Å². The molecule has 0 radical (unpaired) electrons. The summed E-state index contributed by atoms with van der Waals surface area (Å²) < 4.78 is 11.0. The molecule has 1 aliphatic heterocycles. The Morgan fingerprint density at radius 2 is 1.84 bits per heavy atom. The van der Waals surface area contributed by atoms with Gasteiger partial charge in [0.05, 0.1) is 24.5 Å². The van der Waals surface area contributed by atoms with Crippen LogP contribution in [0.5, 0.6) is 5.75 Å². The number of hydrogen-bond acceptors (Lipinski definition) is 5. The van der Waals surface area contributed by atoms with E-state index in [4.69, 9.17) is 9.47 Å². The monoisotopic (exact) mass is 425 g/mol. The van der Waals surface area contributed by atoms with Crippen LogP contribution in [0.15, 0.2) is 42.5 Å². The fourth-order valence-corrected chi connectivity index (χ4v) is 3.42. The van der Waals surface area contributed by atoms with Crippen LogP contribution in [0.25, 0.3) is 0 Å². The SMILES string of the molecule is Cc1cccc(OCC(=O)Nc2ccccc2C(=O)NCCCN2CCOCC2)c1C. The number of nitrogens with zero attached hydrogens (tertiary/aromatic N) is 1. The molecule has 0 unspecified atom stereocenters. The minimum absolute atomic E-state index is 0.125. The van der Waals surface area contributed by atoms with E-state index in [0.717, 1.165) is 50.4 Å². The van der Waals surface area contributed by atoms with Gasteiger partial charge in [-0.3, -0.25) is 14.5 Å². The highest BCUT2D eigenvalue weighted by Gasteiger charge is 2.14. The Hall–Kier alpha value is -2.90. The van der Waals surface area contributed by atoms with Gasteiger partial charge in [0.25, 0.3) is 11.8 Å². The first-order valence-corrected chi connectivity index (χ1v) is 10.7. The number of amides is 2. The molecule has 0 spiro atoms. The molecule has 1 saturated heterocycles. The highest BCUT2D eigenvalue weighted by Crippen LogP contribution is 2.21. The predicted molar refractivity (Wildman–Crippen MR) is 121 cm³/mol. The molecule has 3 rings (SSSR count). The van der Waals surface area contributed by atoms with Crippen LogP contribution in [0.3, 0.4) is 0 Å². The van der Waals surface area contributed by atoms with Crippen molar-refractivity contribution in [1.29, 1.82) is 0 Å². The molecule has 0 atom stereocenters. The zero-order valence-corrected chi connectivity index (χ0v) is 18.3. The van der Waals surface area contributed by atoms with Gasteiger partial charge < -0.3 is 20.1 Å². The first-order valence-electron chi connectivity index (χ1n) is 10.7. The minimum Gasteiger partial charge on any atom is -0.483 e. The van der Waals surface area contributed by atoms with E-state index >= 15 is 0 Å². The normalized spacial score (nSPS) is 14.1. The van der Waals surface area contributed by atoms with Gasteiger partial charge in [-0.2, -0.15) is 0 Å². The number of nitrogens with one attached hydrogen (secondary N) is 2. The van der Waals surface area contributed by atoms with Gasteiger partial charge in [-0.25, -0.2) is 0 Å². The zero-order chi connectivity index (χ0) is 22.1. The molecular formula is C24H31N3O4. The van der Waals surface area contributed by atoms with E-state index in [1.165, 1.54) is 0 Å². The van der Waals surface area contributed by atoms with Gasteiger partial charge in [-0.1, -0.05) is 24.3 Å². The zero-order valence-electron chi connectivity index (χ0n) is 18.3. The number of carbonyl (C=O) groups is 2. The number of benzene rings is 2. The van der Waals surface area contributed by atoms with Crippen LogP contribution in [0.4, 0.5) is 5.69 Å². The van der Waals surface area contributed by atoms with Crippen molar-refractivity contribution in [2.45, 2.75) is 20.3 Å². The summed E-state index contributed by atoms with van der Waals surface area (Å²) in [5.74, 6) is 0.170. The van der Waals surface area contributed by atoms with Gasteiger partial charge in [-0.15, -0.1) is 0 Å². The van der Waals surface area contributed by atoms with Crippen molar-refractivity contribution in [1.82, 2.24) is 10.2 Å². The van der Waals surface area contributed by atoms with Crippen LogP contribution in [-0.2, 0) is 9.53 Å². The van der Waals surface area contributed by atoms with Crippen LogP contribution >= 0.6 is 0 Å². The second kappa shape index (κ2) is 11.5. The van der Waals surface area contributed by atoms with E-state index in [1.807, 2.05) is 32.0 Å². The molecule has 7 nitrogen and oxygen atoms in total. The van der Waals surface area contributed by atoms with Crippen molar-refractivity contribution in [2.75, 3.05) is 51.3 Å². The molecule has 2 amide bonds. The molecular weight excluding hydrogens is 394 g/mol. The average Bonchev–Trinajstić information content (AvgIpc) is 2.78. The summed E-state index contributed by atoms with van der Waals surface area (Å²) >= 11 is 0. The van der Waals surface area contributed by atoms with E-state index in [1.54, 1.807) is 24.3 Å². The van der Waals surface area contributed by atoms with Crippen LogP contribution in [0.1, 0.15) is 27.9 Å². The second-order valence-corrected chi connectivity index (χ2v) is 7.64. The quantitative estimate of drug-likeness (QED) is 0.604. The summed E-state index contributed by atoms with van der Waals surface area (Å²) in [5.41, 5.74) is 3.03. The third-order valence-electron chi connectivity index (χ3n) is 5.40. The fourth-order valence-electron chi connectivity index (χ4n) is 3.42. The standard InChI is InChI=1S/C24H31N3O4/c1-18-7-5-10-22(19(18)2)31-17-23(28)26-21-9-4-3-8-20(21)24(29)25-11-6-12-27-13-15-30-16-14-27/h3-5,7-10H,6,11-17H2,1-2H3,(H,25,29)(H,26,28). The predicted octanol–water partition coefficient (Wildman–Crippen LogP) is 2.77. The topological polar surface area (TPSA) is 79.9 Å². The van der Waals surface area contributed by atoms with Crippen molar-refractivity contribution < 1.29 is 19.1 Å². The van der Waals surface area contributed by atoms with E-state index in [2.05, 4.69) is 15.5 Å². The largest absolute Gasteiger partial charge is 0.483 e. The third kappa shape index (κ3) is 6.80. The first-order chi connectivity index (χ1) is 15.0. The molecule has 2 aromatic rings. The van der Waals surface area contributed by atoms with Gasteiger partial charge in [0.15, 0.2) is 6.61 Å². The molecule has 1 fully saturated rings. The molecule has 0 aliphatic carbocycles. The van der Waals surface area contributed by atoms with Crippen molar-refractivity contribution in [3.05, 3.63) is 59.2 Å². The molecule has 1 heterocycles. The Morgan fingerprint density at radius 1 is 1.06 bits per heavy atom. The number of hydrogen-bond donors (Lipinski definition) is 2. The van der Waals surface area contributed by atoms with Crippen molar-refractivity contribution in [3.8, 4) is 5.75 Å². The number of anilines is 1. The summed E-state index contributed by atoms with van der Waals surface area (Å²) in [6.07, 6.45) is 0.865. The lowest BCUT2D eigenvalue weighted by atomic mass is 10.1. The van der Waals surface area contributed by atoms with Crippen molar-refractivity contribution in [3.63, 3.8) is 0 Å². The molecule has 1 aliphatic rings. The highest BCUT2D eigenvalue weighted by atomic mass is 16.5. The lowest BCUT2D eigenvalue weighted by Gasteiger charge is -2.26. The summed E-state index contributed by atoms with van der Waals surface area (Å²) in [7, 11) is 0. The van der Waals surface area contributed by atoms with Gasteiger partial charge in [0.2, 0.25) is 0 Å². The van der Waals surface area contributed by atoms with E-state index in [-0.39, 0.29) is 18.4 Å². The summed E-state index contributed by atoms with van der Waals surface area (Å²) in [6, 6.07) is 12.7. The maximum atomic E-state index is 12.6. The molecule has 0 bridgehead atoms. The lowest BCUT2D eigenvalue weighted by Crippen LogP contribution is -2.38. The van der Waals surface area contributed by atoms with E-state index in [9.17, 15) is 9.59 Å². The van der Waals surface area contributed by atoms with E-state index < -0.39 is 0 Å². The van der Waals surface area contributed by atoms with Gasteiger partial charge >= 0.3 is 0 Å². The van der Waals surface area contributed by atoms with Crippen molar-refractivity contribution in [2.24, 2.45) is 0 Å². The van der Waals surface area contributed by atoms with Gasteiger partial charge in [0, 0.05) is 19.6 Å². The third-order valence-corrected chi connectivity index (χ3v) is 5.40. The Kier molecular flexibility index (Phi) is 8.44. The Bertz CT molecular complexity index is 894. The molecule has 166 valence electrons. The minimum atomic E-state index is -0.312. The Balaban J connectivity index is 1.48. The average molecular weight is 426 g/mol. The smallest absolute Gasteiger partial charge is 0.262 e. The van der Waals surface area contributed by atoms with Crippen LogP contribution < -0.4 is 15.4 Å².